The number of nitrogens with zero attached hydrogens (tertiary/aromatic N) is 1. The van der Waals surface area contributed by atoms with Gasteiger partial charge >= 0.3 is 0 Å². The van der Waals surface area contributed by atoms with Crippen molar-refractivity contribution in [3.8, 4) is 0 Å². The van der Waals surface area contributed by atoms with Crippen LogP contribution in [0.25, 0.3) is 10.1 Å². The van der Waals surface area contributed by atoms with Crippen LogP contribution in [0.2, 0.25) is 0 Å². The zero-order valence-electron chi connectivity index (χ0n) is 8.81. The number of aromatic nitrogens is 1. The lowest BCUT2D eigenvalue weighted by atomic mass is 10.3. The van der Waals surface area contributed by atoms with E-state index in [1.807, 2.05) is 12.3 Å². The van der Waals surface area contributed by atoms with Crippen LogP contribution in [0.1, 0.15) is 4.88 Å². The van der Waals surface area contributed by atoms with Crippen molar-refractivity contribution in [2.24, 2.45) is 0 Å². The minimum absolute atomic E-state index is 0.825. The van der Waals surface area contributed by atoms with Crippen molar-refractivity contribution in [3.05, 3.63) is 44.5 Å². The maximum absolute atomic E-state index is 4.41. The van der Waals surface area contributed by atoms with E-state index in [1.165, 1.54) is 15.0 Å². The van der Waals surface area contributed by atoms with E-state index in [1.54, 1.807) is 22.7 Å². The van der Waals surface area contributed by atoms with Crippen LogP contribution in [-0.2, 0) is 6.54 Å². The lowest BCUT2D eigenvalue weighted by Crippen LogP contribution is -1.99. The molecule has 0 aliphatic carbocycles. The number of pyridine rings is 1. The number of halogens is 1. The van der Waals surface area contributed by atoms with Crippen LogP contribution in [-0.4, -0.2) is 4.98 Å². The molecule has 0 aromatic carbocycles. The van der Waals surface area contributed by atoms with E-state index < -0.39 is 0 Å². The van der Waals surface area contributed by atoms with Crippen LogP contribution < -0.4 is 5.32 Å². The van der Waals surface area contributed by atoms with Crippen molar-refractivity contribution < 1.29 is 0 Å². The van der Waals surface area contributed by atoms with Gasteiger partial charge in [-0.15, -0.1) is 22.7 Å². The van der Waals surface area contributed by atoms with Crippen LogP contribution >= 0.6 is 38.6 Å². The van der Waals surface area contributed by atoms with Crippen LogP contribution in [0.3, 0.4) is 0 Å². The summed E-state index contributed by atoms with van der Waals surface area (Å²) in [5.41, 5.74) is 0. The van der Waals surface area contributed by atoms with Gasteiger partial charge in [-0.1, -0.05) is 6.07 Å². The third-order valence-electron chi connectivity index (χ3n) is 2.45. The van der Waals surface area contributed by atoms with Gasteiger partial charge in [-0.3, -0.25) is 0 Å². The Morgan fingerprint density at radius 1 is 1.29 bits per heavy atom. The Morgan fingerprint density at radius 3 is 3.06 bits per heavy atom. The molecule has 17 heavy (non-hydrogen) atoms. The summed E-state index contributed by atoms with van der Waals surface area (Å²) in [6.45, 7) is 0.825. The van der Waals surface area contributed by atoms with Crippen molar-refractivity contribution in [1.82, 2.24) is 4.98 Å². The zero-order valence-corrected chi connectivity index (χ0v) is 12.0. The highest BCUT2D eigenvalue weighted by Crippen LogP contribution is 2.34. The van der Waals surface area contributed by atoms with Crippen LogP contribution in [0.15, 0.2) is 39.6 Å². The van der Waals surface area contributed by atoms with Gasteiger partial charge in [0.2, 0.25) is 0 Å². The number of anilines is 1. The van der Waals surface area contributed by atoms with Gasteiger partial charge in [0, 0.05) is 31.0 Å². The van der Waals surface area contributed by atoms with Crippen LogP contribution in [0.5, 0.6) is 0 Å². The zero-order chi connectivity index (χ0) is 11.7. The van der Waals surface area contributed by atoms with Crippen molar-refractivity contribution in [3.63, 3.8) is 0 Å². The molecule has 0 aliphatic heterocycles. The highest BCUT2D eigenvalue weighted by atomic mass is 79.9. The van der Waals surface area contributed by atoms with Gasteiger partial charge in [-0.2, -0.15) is 0 Å². The smallest absolute Gasteiger partial charge is 0.136 e. The summed E-state index contributed by atoms with van der Waals surface area (Å²) < 4.78 is 2.36. The van der Waals surface area contributed by atoms with Gasteiger partial charge in [0.05, 0.1) is 6.54 Å². The molecule has 0 bridgehead atoms. The largest absolute Gasteiger partial charge is 0.365 e. The Hall–Kier alpha value is -0.910. The molecular formula is C12H9BrN2S2. The van der Waals surface area contributed by atoms with E-state index in [2.05, 4.69) is 49.1 Å². The molecule has 3 aromatic rings. The fourth-order valence-corrected chi connectivity index (χ4v) is 3.93. The molecule has 0 spiro atoms. The summed E-state index contributed by atoms with van der Waals surface area (Å²) in [7, 11) is 0. The average Bonchev–Trinajstić information content (AvgIpc) is 2.97. The predicted octanol–water partition coefficient (Wildman–Crippen LogP) is 4.73. The fourth-order valence-electron chi connectivity index (χ4n) is 1.67. The summed E-state index contributed by atoms with van der Waals surface area (Å²) in [5, 5.41) is 8.76. The maximum Gasteiger partial charge on any atom is 0.136 e. The summed E-state index contributed by atoms with van der Waals surface area (Å²) in [6, 6.07) is 6.23. The minimum Gasteiger partial charge on any atom is -0.365 e. The molecule has 0 unspecified atom stereocenters. The van der Waals surface area contributed by atoms with Crippen LogP contribution in [0.4, 0.5) is 5.82 Å². The molecule has 1 N–H and O–H groups in total. The molecule has 86 valence electrons. The molecule has 0 fully saturated rings. The summed E-state index contributed by atoms with van der Waals surface area (Å²) >= 11 is 7.05. The molecule has 0 aliphatic rings. The Kier molecular flexibility index (Phi) is 3.13. The molecule has 0 saturated carbocycles. The van der Waals surface area contributed by atoms with Gasteiger partial charge < -0.3 is 5.32 Å². The van der Waals surface area contributed by atoms with E-state index >= 15 is 0 Å². The number of thiophene rings is 2. The van der Waals surface area contributed by atoms with E-state index in [-0.39, 0.29) is 0 Å². The highest BCUT2D eigenvalue weighted by Gasteiger charge is 2.07. The molecule has 0 amide bonds. The molecule has 0 atom stereocenters. The summed E-state index contributed by atoms with van der Waals surface area (Å²) in [5.74, 6) is 0.948. The summed E-state index contributed by atoms with van der Waals surface area (Å²) in [4.78, 5) is 5.72. The third-order valence-corrected chi connectivity index (χ3v) is 5.20. The number of hydrogen-bond donors (Lipinski definition) is 1. The second-order valence-electron chi connectivity index (χ2n) is 3.55. The number of fused-ring (bicyclic) bond motifs is 1. The Labute approximate surface area is 115 Å². The lowest BCUT2D eigenvalue weighted by Gasteiger charge is -2.05. The van der Waals surface area contributed by atoms with E-state index in [0.29, 0.717) is 0 Å². The highest BCUT2D eigenvalue weighted by molar-refractivity contribution is 9.10. The second kappa shape index (κ2) is 4.76. The second-order valence-corrected chi connectivity index (χ2v) is 6.35. The SMILES string of the molecule is Brc1csc2ccnc(NCc3cccs3)c12. The number of nitrogens with one attached hydrogen (secondary N) is 1. The van der Waals surface area contributed by atoms with Crippen molar-refractivity contribution in [2.45, 2.75) is 6.54 Å². The molecule has 3 rings (SSSR count). The molecule has 0 radical (unpaired) electrons. The van der Waals surface area contributed by atoms with Gasteiger partial charge in [-0.25, -0.2) is 4.98 Å². The first-order chi connectivity index (χ1) is 8.34. The molecule has 5 heteroatoms. The molecule has 3 aromatic heterocycles. The first kappa shape index (κ1) is 11.2. The fraction of sp³-hybridized carbons (Fsp3) is 0.0833. The molecular weight excluding hydrogens is 316 g/mol. The Bertz CT molecular complexity index is 631. The number of hydrogen-bond acceptors (Lipinski definition) is 4. The average molecular weight is 325 g/mol. The monoisotopic (exact) mass is 324 g/mol. The van der Waals surface area contributed by atoms with Crippen molar-refractivity contribution >= 4 is 54.5 Å². The lowest BCUT2D eigenvalue weighted by molar-refractivity contribution is 1.15. The minimum atomic E-state index is 0.825. The number of rotatable bonds is 3. The molecule has 0 saturated heterocycles. The van der Waals surface area contributed by atoms with Gasteiger partial charge in [0.25, 0.3) is 0 Å². The normalized spacial score (nSPS) is 10.9. The van der Waals surface area contributed by atoms with Gasteiger partial charge in [-0.05, 0) is 33.4 Å². The first-order valence-corrected chi connectivity index (χ1v) is 7.68. The van der Waals surface area contributed by atoms with Crippen molar-refractivity contribution in [2.75, 3.05) is 5.32 Å². The van der Waals surface area contributed by atoms with Crippen molar-refractivity contribution in [1.29, 1.82) is 0 Å². The topological polar surface area (TPSA) is 24.9 Å². The standard InChI is InChI=1S/C12H9BrN2S2/c13-9-7-17-10-3-4-14-12(11(9)10)15-6-8-2-1-5-16-8/h1-5,7H,6H2,(H,14,15). The van der Waals surface area contributed by atoms with Gasteiger partial charge in [0.1, 0.15) is 5.82 Å². The van der Waals surface area contributed by atoms with E-state index in [0.717, 1.165) is 16.8 Å². The summed E-state index contributed by atoms with van der Waals surface area (Å²) in [6.07, 6.45) is 1.85. The maximum atomic E-state index is 4.41. The van der Waals surface area contributed by atoms with E-state index in [4.69, 9.17) is 0 Å². The molecule has 3 heterocycles. The van der Waals surface area contributed by atoms with Crippen LogP contribution in [0, 0.1) is 0 Å². The van der Waals surface area contributed by atoms with E-state index in [9.17, 15) is 0 Å². The Morgan fingerprint density at radius 2 is 2.24 bits per heavy atom. The van der Waals surface area contributed by atoms with Gasteiger partial charge in [0.15, 0.2) is 0 Å². The first-order valence-electron chi connectivity index (χ1n) is 5.12. The predicted molar refractivity (Wildman–Crippen MR) is 79.0 cm³/mol. The Balaban J connectivity index is 1.92. The molecule has 2 nitrogen and oxygen atoms in total. The third kappa shape index (κ3) is 2.22. The quantitative estimate of drug-likeness (QED) is 0.753.